The average Bonchev–Trinajstić information content (AvgIpc) is 2.64. The van der Waals surface area contributed by atoms with Crippen molar-refractivity contribution in [2.45, 2.75) is 12.8 Å². The highest BCUT2D eigenvalue weighted by atomic mass is 79.9. The fraction of sp³-hybridized carbons (Fsp3) is 0.263. The largest absolute Gasteiger partial charge is 0.492 e. The minimum Gasteiger partial charge on any atom is -0.492 e. The summed E-state index contributed by atoms with van der Waals surface area (Å²) in [5.74, 6) is 0.354. The maximum absolute atomic E-state index is 12.0. The fourth-order valence-electron chi connectivity index (χ4n) is 2.18. The van der Waals surface area contributed by atoms with E-state index in [1.165, 1.54) is 0 Å². The van der Waals surface area contributed by atoms with Crippen molar-refractivity contribution < 1.29 is 14.3 Å². The summed E-state index contributed by atoms with van der Waals surface area (Å²) in [6, 6.07) is 14.4. The Kier molecular flexibility index (Phi) is 8.44. The molecule has 0 bridgehead atoms. The molecule has 5 nitrogen and oxygen atoms in total. The van der Waals surface area contributed by atoms with Crippen molar-refractivity contribution in [3.05, 3.63) is 63.6 Å². The van der Waals surface area contributed by atoms with Gasteiger partial charge < -0.3 is 15.4 Å². The van der Waals surface area contributed by atoms with Crippen LogP contribution in [0.5, 0.6) is 5.75 Å². The number of ether oxygens (including phenoxy) is 1. The Hall–Kier alpha value is -2.05. The molecule has 0 heterocycles. The summed E-state index contributed by atoms with van der Waals surface area (Å²) in [5, 5.41) is 6.09. The average molecular weight is 440 g/mol. The van der Waals surface area contributed by atoms with E-state index < -0.39 is 0 Å². The second-order valence-corrected chi connectivity index (χ2v) is 6.73. The van der Waals surface area contributed by atoms with Gasteiger partial charge in [0.1, 0.15) is 5.75 Å². The molecule has 0 fully saturated rings. The molecule has 2 N–H and O–H groups in total. The van der Waals surface area contributed by atoms with E-state index in [2.05, 4.69) is 26.6 Å². The number of amides is 2. The number of hydrogen-bond acceptors (Lipinski definition) is 3. The Balaban J connectivity index is 1.57. The van der Waals surface area contributed by atoms with Gasteiger partial charge in [-0.2, -0.15) is 0 Å². The van der Waals surface area contributed by atoms with Crippen LogP contribution in [0, 0.1) is 0 Å². The Bertz CT molecular complexity index is 755. The minimum absolute atomic E-state index is 0.0806. The second kappa shape index (κ2) is 10.8. The predicted molar refractivity (Wildman–Crippen MR) is 106 cm³/mol. The topological polar surface area (TPSA) is 67.4 Å². The van der Waals surface area contributed by atoms with Crippen LogP contribution in [-0.2, 0) is 4.79 Å². The molecule has 0 saturated carbocycles. The normalized spacial score (nSPS) is 10.2. The molecule has 0 unspecified atom stereocenters. The summed E-state index contributed by atoms with van der Waals surface area (Å²) in [6.07, 6.45) is 0.934. The van der Waals surface area contributed by atoms with Crippen LogP contribution in [0.1, 0.15) is 23.2 Å². The van der Waals surface area contributed by atoms with Crippen LogP contribution in [0.4, 0.5) is 0 Å². The number of rotatable bonds is 9. The standard InChI is InChI=1S/C19H20BrClN2O3/c20-15-7-2-1-6-14(15)19(25)23-12-11-22-18(24)10-5-13-26-17-9-4-3-8-16(17)21/h1-4,6-9H,5,10-13H2,(H,22,24)(H,23,25). The summed E-state index contributed by atoms with van der Waals surface area (Å²) in [4.78, 5) is 23.8. The van der Waals surface area contributed by atoms with Crippen LogP contribution in [0.3, 0.4) is 0 Å². The number of halogens is 2. The number of benzene rings is 2. The number of nitrogens with one attached hydrogen (secondary N) is 2. The second-order valence-electron chi connectivity index (χ2n) is 5.47. The van der Waals surface area contributed by atoms with Gasteiger partial charge in [-0.25, -0.2) is 0 Å². The third-order valence-electron chi connectivity index (χ3n) is 3.49. The van der Waals surface area contributed by atoms with E-state index in [4.69, 9.17) is 16.3 Å². The first kappa shape index (κ1) is 20.3. The summed E-state index contributed by atoms with van der Waals surface area (Å²) >= 11 is 9.32. The van der Waals surface area contributed by atoms with E-state index in [0.29, 0.717) is 48.9 Å². The Morgan fingerprint density at radius 3 is 2.46 bits per heavy atom. The summed E-state index contributed by atoms with van der Waals surface area (Å²) in [6.45, 7) is 1.15. The lowest BCUT2D eigenvalue weighted by atomic mass is 10.2. The van der Waals surface area contributed by atoms with Gasteiger partial charge in [0.15, 0.2) is 0 Å². The van der Waals surface area contributed by atoms with Gasteiger partial charge in [-0.15, -0.1) is 0 Å². The molecule has 26 heavy (non-hydrogen) atoms. The first-order valence-corrected chi connectivity index (χ1v) is 9.42. The lowest BCUT2D eigenvalue weighted by Crippen LogP contribution is -2.34. The van der Waals surface area contributed by atoms with Gasteiger partial charge in [0.2, 0.25) is 5.91 Å². The van der Waals surface area contributed by atoms with Crippen molar-refractivity contribution in [3.8, 4) is 5.75 Å². The zero-order chi connectivity index (χ0) is 18.8. The maximum Gasteiger partial charge on any atom is 0.252 e. The smallest absolute Gasteiger partial charge is 0.252 e. The van der Waals surface area contributed by atoms with Crippen LogP contribution in [0.2, 0.25) is 5.02 Å². The first-order valence-electron chi connectivity index (χ1n) is 8.24. The molecule has 138 valence electrons. The molecule has 0 saturated heterocycles. The monoisotopic (exact) mass is 438 g/mol. The van der Waals surface area contributed by atoms with Crippen molar-refractivity contribution in [1.29, 1.82) is 0 Å². The van der Waals surface area contributed by atoms with E-state index in [9.17, 15) is 9.59 Å². The van der Waals surface area contributed by atoms with E-state index >= 15 is 0 Å². The van der Waals surface area contributed by atoms with Crippen molar-refractivity contribution in [2.75, 3.05) is 19.7 Å². The highest BCUT2D eigenvalue weighted by Gasteiger charge is 2.08. The van der Waals surface area contributed by atoms with Gasteiger partial charge in [0, 0.05) is 24.0 Å². The molecule has 2 aromatic rings. The Labute approximate surface area is 166 Å². The van der Waals surface area contributed by atoms with Crippen molar-refractivity contribution in [3.63, 3.8) is 0 Å². The summed E-state index contributed by atoms with van der Waals surface area (Å²) in [5.41, 5.74) is 0.565. The maximum atomic E-state index is 12.0. The molecule has 7 heteroatoms. The minimum atomic E-state index is -0.181. The molecule has 0 aliphatic carbocycles. The van der Waals surface area contributed by atoms with Crippen molar-refractivity contribution in [2.24, 2.45) is 0 Å². The van der Waals surface area contributed by atoms with Crippen LogP contribution >= 0.6 is 27.5 Å². The van der Waals surface area contributed by atoms with E-state index in [0.717, 1.165) is 4.47 Å². The van der Waals surface area contributed by atoms with Gasteiger partial charge in [-0.3, -0.25) is 9.59 Å². The van der Waals surface area contributed by atoms with E-state index in [1.807, 2.05) is 18.2 Å². The molecule has 0 atom stereocenters. The van der Waals surface area contributed by atoms with Crippen LogP contribution < -0.4 is 15.4 Å². The molecule has 0 radical (unpaired) electrons. The predicted octanol–water partition coefficient (Wildman–Crippen LogP) is 3.81. The molecule has 0 spiro atoms. The number of carbonyl (C=O) groups excluding carboxylic acids is 2. The van der Waals surface area contributed by atoms with E-state index in [1.54, 1.807) is 30.3 Å². The van der Waals surface area contributed by atoms with Gasteiger partial charge >= 0.3 is 0 Å². The number of carbonyl (C=O) groups is 2. The van der Waals surface area contributed by atoms with E-state index in [-0.39, 0.29) is 11.8 Å². The van der Waals surface area contributed by atoms with Gasteiger partial charge in [0.25, 0.3) is 5.91 Å². The molecule has 0 aliphatic heterocycles. The number of para-hydroxylation sites is 1. The summed E-state index contributed by atoms with van der Waals surface area (Å²) in [7, 11) is 0. The molecular weight excluding hydrogens is 420 g/mol. The SMILES string of the molecule is O=C(CCCOc1ccccc1Cl)NCCNC(=O)c1ccccc1Br. The molecule has 2 rings (SSSR count). The molecule has 0 aromatic heterocycles. The Morgan fingerprint density at radius 1 is 1.00 bits per heavy atom. The Morgan fingerprint density at radius 2 is 1.69 bits per heavy atom. The van der Waals surface area contributed by atoms with Crippen LogP contribution in [-0.4, -0.2) is 31.5 Å². The van der Waals surface area contributed by atoms with Gasteiger partial charge in [0.05, 0.1) is 17.2 Å². The first-order chi connectivity index (χ1) is 12.6. The fourth-order valence-corrected chi connectivity index (χ4v) is 2.84. The number of hydrogen-bond donors (Lipinski definition) is 2. The molecule has 2 amide bonds. The lowest BCUT2D eigenvalue weighted by molar-refractivity contribution is -0.121. The highest BCUT2D eigenvalue weighted by molar-refractivity contribution is 9.10. The third kappa shape index (κ3) is 6.69. The molecule has 0 aliphatic rings. The quantitative estimate of drug-likeness (QED) is 0.584. The van der Waals surface area contributed by atoms with Crippen LogP contribution in [0.25, 0.3) is 0 Å². The highest BCUT2D eigenvalue weighted by Crippen LogP contribution is 2.23. The zero-order valence-corrected chi connectivity index (χ0v) is 16.5. The molecule has 2 aromatic carbocycles. The van der Waals surface area contributed by atoms with Gasteiger partial charge in [-0.05, 0) is 46.6 Å². The van der Waals surface area contributed by atoms with Crippen molar-refractivity contribution in [1.82, 2.24) is 10.6 Å². The lowest BCUT2D eigenvalue weighted by Gasteiger charge is -2.09. The molecular formula is C19H20BrClN2O3. The third-order valence-corrected chi connectivity index (χ3v) is 4.50. The summed E-state index contributed by atoms with van der Waals surface area (Å²) < 4.78 is 6.27. The van der Waals surface area contributed by atoms with Gasteiger partial charge in [-0.1, -0.05) is 35.9 Å². The van der Waals surface area contributed by atoms with Crippen LogP contribution in [0.15, 0.2) is 53.0 Å². The zero-order valence-electron chi connectivity index (χ0n) is 14.1. The van der Waals surface area contributed by atoms with Crippen molar-refractivity contribution >= 4 is 39.3 Å².